The van der Waals surface area contributed by atoms with Crippen molar-refractivity contribution in [1.29, 1.82) is 5.26 Å². The molecule has 0 radical (unpaired) electrons. The van der Waals surface area contributed by atoms with Crippen LogP contribution in [0.4, 0.5) is 19.0 Å². The molecule has 0 bridgehead atoms. The summed E-state index contributed by atoms with van der Waals surface area (Å²) in [7, 11) is 0. The molecule has 4 rings (SSSR count). The molecule has 1 N–H and O–H groups in total. The standard InChI is InChI=1S/C27H29F3N4O/c1-3-26(35)32-25-7-6-22(8-11-27(28,29)30)34(25)23-9-12-33(13-10-23)17-21-5-4-20-14-19(16-31)15-24(20)18(21)2/h3-7,15,23H,1,8-14,17H2,2H3,(H,32,35). The summed E-state index contributed by atoms with van der Waals surface area (Å²) in [5, 5.41) is 12.0. The van der Waals surface area contributed by atoms with E-state index in [1.807, 2.05) is 10.6 Å². The number of fused-ring (bicyclic) bond motifs is 1. The maximum Gasteiger partial charge on any atom is 0.389 e. The smallest absolute Gasteiger partial charge is 0.328 e. The number of rotatable bonds is 7. The SMILES string of the molecule is C=CC(=O)Nc1ccc(CCC(F)(F)F)n1C1CCN(Cc2ccc3c(c2C)C=C(C#N)C3)CC1. The molecule has 1 amide bonds. The van der Waals surface area contributed by atoms with Gasteiger partial charge in [0.25, 0.3) is 0 Å². The van der Waals surface area contributed by atoms with E-state index in [1.54, 1.807) is 12.1 Å². The van der Waals surface area contributed by atoms with E-state index in [9.17, 15) is 23.2 Å². The van der Waals surface area contributed by atoms with Gasteiger partial charge in [0.1, 0.15) is 5.82 Å². The number of alkyl halides is 3. The van der Waals surface area contributed by atoms with Gasteiger partial charge in [0, 0.05) is 49.8 Å². The number of anilines is 1. The van der Waals surface area contributed by atoms with E-state index >= 15 is 0 Å². The van der Waals surface area contributed by atoms with E-state index in [0.29, 0.717) is 17.9 Å². The van der Waals surface area contributed by atoms with Crippen molar-refractivity contribution in [3.8, 4) is 6.07 Å². The van der Waals surface area contributed by atoms with Crippen LogP contribution in [0.1, 0.15) is 53.3 Å². The second-order valence-electron chi connectivity index (χ2n) is 9.28. The van der Waals surface area contributed by atoms with E-state index in [-0.39, 0.29) is 18.4 Å². The van der Waals surface area contributed by atoms with Crippen molar-refractivity contribution in [2.24, 2.45) is 0 Å². The van der Waals surface area contributed by atoms with Crippen molar-refractivity contribution in [2.45, 2.75) is 57.8 Å². The maximum absolute atomic E-state index is 12.9. The van der Waals surface area contributed by atoms with Gasteiger partial charge in [-0.05, 0) is 72.7 Å². The van der Waals surface area contributed by atoms with Crippen molar-refractivity contribution in [3.05, 3.63) is 70.4 Å². The molecule has 1 aliphatic carbocycles. The third kappa shape index (κ3) is 5.68. The average Bonchev–Trinajstić information content (AvgIpc) is 3.44. The summed E-state index contributed by atoms with van der Waals surface area (Å²) in [5.41, 5.74) is 6.13. The Morgan fingerprint density at radius 2 is 2.00 bits per heavy atom. The van der Waals surface area contributed by atoms with Gasteiger partial charge in [0.2, 0.25) is 5.91 Å². The van der Waals surface area contributed by atoms with Gasteiger partial charge in [-0.1, -0.05) is 18.7 Å². The molecular formula is C27H29F3N4O. The molecule has 0 atom stereocenters. The summed E-state index contributed by atoms with van der Waals surface area (Å²) in [5.74, 6) is 0.130. The van der Waals surface area contributed by atoms with Crippen molar-refractivity contribution in [3.63, 3.8) is 0 Å². The van der Waals surface area contributed by atoms with Gasteiger partial charge < -0.3 is 9.88 Å². The van der Waals surface area contributed by atoms with Crippen LogP contribution in [0.15, 0.2) is 42.5 Å². The first-order chi connectivity index (χ1) is 16.7. The Kier molecular flexibility index (Phi) is 7.18. The number of nitriles is 1. The average molecular weight is 483 g/mol. The summed E-state index contributed by atoms with van der Waals surface area (Å²) in [6, 6.07) is 9.85. The third-order valence-electron chi connectivity index (χ3n) is 6.98. The number of aromatic nitrogens is 1. The Balaban J connectivity index is 1.46. The normalized spacial score (nSPS) is 16.5. The number of hydrogen-bond donors (Lipinski definition) is 1. The lowest BCUT2D eigenvalue weighted by Gasteiger charge is -2.35. The number of nitrogens with zero attached hydrogens (tertiary/aromatic N) is 3. The van der Waals surface area contributed by atoms with E-state index in [0.717, 1.165) is 49.7 Å². The number of allylic oxidation sites excluding steroid dienone is 1. The van der Waals surface area contributed by atoms with Gasteiger partial charge >= 0.3 is 6.18 Å². The highest BCUT2D eigenvalue weighted by atomic mass is 19.4. The van der Waals surface area contributed by atoms with Crippen molar-refractivity contribution < 1.29 is 18.0 Å². The molecule has 1 aromatic carbocycles. The van der Waals surface area contributed by atoms with Gasteiger partial charge in [0.05, 0.1) is 6.07 Å². The molecule has 2 heterocycles. The fraction of sp³-hybridized carbons (Fsp3) is 0.407. The Hall–Kier alpha value is -3.31. The first-order valence-electron chi connectivity index (χ1n) is 11.8. The molecule has 35 heavy (non-hydrogen) atoms. The number of nitrogens with one attached hydrogen (secondary N) is 1. The lowest BCUT2D eigenvalue weighted by Crippen LogP contribution is -2.35. The van der Waals surface area contributed by atoms with E-state index in [2.05, 4.69) is 41.9 Å². The van der Waals surface area contributed by atoms with Crippen LogP contribution in [-0.4, -0.2) is 34.6 Å². The summed E-state index contributed by atoms with van der Waals surface area (Å²) in [6.07, 6.45) is 0.109. The van der Waals surface area contributed by atoms with Crippen LogP contribution in [0.5, 0.6) is 0 Å². The Labute approximate surface area is 203 Å². The number of hydrogen-bond acceptors (Lipinski definition) is 3. The predicted octanol–water partition coefficient (Wildman–Crippen LogP) is 5.72. The van der Waals surface area contributed by atoms with Gasteiger partial charge in [-0.15, -0.1) is 0 Å². The lowest BCUT2D eigenvalue weighted by molar-refractivity contribution is -0.134. The zero-order chi connectivity index (χ0) is 25.2. The fourth-order valence-corrected chi connectivity index (χ4v) is 5.11. The van der Waals surface area contributed by atoms with Crippen molar-refractivity contribution in [2.75, 3.05) is 18.4 Å². The third-order valence-corrected chi connectivity index (χ3v) is 6.98. The molecular weight excluding hydrogens is 453 g/mol. The van der Waals surface area contributed by atoms with E-state index < -0.39 is 12.6 Å². The highest BCUT2D eigenvalue weighted by Gasteiger charge is 2.30. The Bertz CT molecular complexity index is 1190. The number of halogens is 3. The van der Waals surface area contributed by atoms with Gasteiger partial charge in [-0.2, -0.15) is 18.4 Å². The van der Waals surface area contributed by atoms with Gasteiger partial charge in [0.15, 0.2) is 0 Å². The first-order valence-corrected chi connectivity index (χ1v) is 11.8. The van der Waals surface area contributed by atoms with Crippen LogP contribution >= 0.6 is 0 Å². The second kappa shape index (κ2) is 10.1. The number of carbonyl (C=O) groups excluding carboxylic acids is 1. The Morgan fingerprint density at radius 1 is 1.26 bits per heavy atom. The van der Waals surface area contributed by atoms with E-state index in [4.69, 9.17) is 0 Å². The fourth-order valence-electron chi connectivity index (χ4n) is 5.11. The molecule has 1 fully saturated rings. The molecule has 0 saturated carbocycles. The minimum atomic E-state index is -4.24. The quantitative estimate of drug-likeness (QED) is 0.514. The minimum absolute atomic E-state index is 0.00633. The molecule has 1 saturated heterocycles. The largest absolute Gasteiger partial charge is 0.389 e. The zero-order valence-electron chi connectivity index (χ0n) is 19.8. The molecule has 0 unspecified atom stereocenters. The predicted molar refractivity (Wildman–Crippen MR) is 130 cm³/mol. The topological polar surface area (TPSA) is 61.1 Å². The van der Waals surface area contributed by atoms with Crippen LogP contribution in [0.25, 0.3) is 6.08 Å². The monoisotopic (exact) mass is 482 g/mol. The van der Waals surface area contributed by atoms with Crippen LogP contribution < -0.4 is 5.32 Å². The lowest BCUT2D eigenvalue weighted by atomic mass is 9.97. The van der Waals surface area contributed by atoms with Gasteiger partial charge in [-0.3, -0.25) is 9.69 Å². The van der Waals surface area contributed by atoms with Crippen LogP contribution in [0, 0.1) is 18.3 Å². The molecule has 1 aromatic heterocycles. The maximum atomic E-state index is 12.9. The molecule has 5 nitrogen and oxygen atoms in total. The number of aryl methyl sites for hydroxylation is 1. The second-order valence-corrected chi connectivity index (χ2v) is 9.28. The highest BCUT2D eigenvalue weighted by Crippen LogP contribution is 2.34. The molecule has 8 heteroatoms. The number of benzene rings is 1. The van der Waals surface area contributed by atoms with Crippen LogP contribution in [-0.2, 0) is 24.2 Å². The number of amides is 1. The first kappa shape index (κ1) is 24.8. The minimum Gasteiger partial charge on any atom is -0.328 e. The number of carbonyl (C=O) groups is 1. The molecule has 184 valence electrons. The van der Waals surface area contributed by atoms with Crippen molar-refractivity contribution >= 4 is 17.8 Å². The molecule has 2 aromatic rings. The highest BCUT2D eigenvalue weighted by molar-refractivity contribution is 5.98. The van der Waals surface area contributed by atoms with Crippen LogP contribution in [0.3, 0.4) is 0 Å². The van der Waals surface area contributed by atoms with Gasteiger partial charge in [-0.25, -0.2) is 0 Å². The summed E-state index contributed by atoms with van der Waals surface area (Å²) < 4.78 is 40.5. The summed E-state index contributed by atoms with van der Waals surface area (Å²) >= 11 is 0. The number of likely N-dealkylation sites (tertiary alicyclic amines) is 1. The number of piperidine rings is 1. The molecule has 0 spiro atoms. The van der Waals surface area contributed by atoms with Crippen molar-refractivity contribution in [1.82, 2.24) is 9.47 Å². The molecule has 2 aliphatic rings. The Morgan fingerprint density at radius 3 is 2.66 bits per heavy atom. The zero-order valence-corrected chi connectivity index (χ0v) is 19.8. The summed E-state index contributed by atoms with van der Waals surface area (Å²) in [6.45, 7) is 7.94. The van der Waals surface area contributed by atoms with Crippen LogP contribution in [0.2, 0.25) is 0 Å². The molecule has 1 aliphatic heterocycles. The van der Waals surface area contributed by atoms with E-state index in [1.165, 1.54) is 16.7 Å². The summed E-state index contributed by atoms with van der Waals surface area (Å²) in [4.78, 5) is 14.3.